The van der Waals surface area contributed by atoms with E-state index in [9.17, 15) is 4.79 Å². The van der Waals surface area contributed by atoms with Gasteiger partial charge in [0.25, 0.3) is 0 Å². The van der Waals surface area contributed by atoms with Gasteiger partial charge < -0.3 is 4.74 Å². The molecule has 13 heavy (non-hydrogen) atoms. The third-order valence-corrected chi connectivity index (χ3v) is 2.08. The van der Waals surface area contributed by atoms with Crippen LogP contribution in [0.1, 0.15) is 15.9 Å². The molecular formula is C10H11ClO2. The standard InChI is InChI=1S/C10H11ClO2/c1-7-5-8(9(12)6-11)3-4-10(7)13-2/h3-5H,6H2,1-2H3. The molecule has 0 N–H and O–H groups in total. The fraction of sp³-hybridized carbons (Fsp3) is 0.300. The van der Waals surface area contributed by atoms with Crippen LogP contribution in [0.3, 0.4) is 0 Å². The van der Waals surface area contributed by atoms with Crippen molar-refractivity contribution in [3.63, 3.8) is 0 Å². The van der Waals surface area contributed by atoms with Crippen molar-refractivity contribution in [1.82, 2.24) is 0 Å². The normalized spacial score (nSPS) is 9.77. The third-order valence-electron chi connectivity index (χ3n) is 1.84. The predicted molar refractivity (Wildman–Crippen MR) is 52.8 cm³/mol. The first-order valence-corrected chi connectivity index (χ1v) is 4.46. The van der Waals surface area contributed by atoms with E-state index < -0.39 is 0 Å². The molecular weight excluding hydrogens is 188 g/mol. The van der Waals surface area contributed by atoms with Crippen molar-refractivity contribution < 1.29 is 9.53 Å². The first-order valence-electron chi connectivity index (χ1n) is 3.93. The van der Waals surface area contributed by atoms with Crippen molar-refractivity contribution in [2.24, 2.45) is 0 Å². The molecule has 0 aliphatic rings. The minimum absolute atomic E-state index is 0.0196. The van der Waals surface area contributed by atoms with E-state index in [1.807, 2.05) is 6.92 Å². The Morgan fingerprint density at radius 2 is 2.23 bits per heavy atom. The largest absolute Gasteiger partial charge is 0.496 e. The summed E-state index contributed by atoms with van der Waals surface area (Å²) in [6.45, 7) is 1.89. The summed E-state index contributed by atoms with van der Waals surface area (Å²) in [7, 11) is 1.60. The van der Waals surface area contributed by atoms with E-state index in [1.165, 1.54) is 0 Å². The quantitative estimate of drug-likeness (QED) is 0.551. The lowest BCUT2D eigenvalue weighted by Crippen LogP contribution is -2.00. The fourth-order valence-electron chi connectivity index (χ4n) is 1.13. The van der Waals surface area contributed by atoms with Crippen molar-refractivity contribution in [3.05, 3.63) is 29.3 Å². The number of halogens is 1. The molecule has 0 amide bonds. The van der Waals surface area contributed by atoms with Crippen LogP contribution in [-0.4, -0.2) is 18.8 Å². The van der Waals surface area contributed by atoms with Crippen molar-refractivity contribution in [2.45, 2.75) is 6.92 Å². The second-order valence-electron chi connectivity index (χ2n) is 2.74. The van der Waals surface area contributed by atoms with Crippen LogP contribution in [0.4, 0.5) is 0 Å². The molecule has 0 saturated heterocycles. The number of hydrogen-bond acceptors (Lipinski definition) is 2. The Labute approximate surface area is 82.5 Å². The van der Waals surface area contributed by atoms with Crippen LogP contribution < -0.4 is 4.74 Å². The number of ether oxygens (including phenoxy) is 1. The molecule has 0 spiro atoms. The van der Waals surface area contributed by atoms with Gasteiger partial charge in [0, 0.05) is 5.56 Å². The zero-order chi connectivity index (χ0) is 9.84. The summed E-state index contributed by atoms with van der Waals surface area (Å²) in [6, 6.07) is 5.27. The Bertz CT molecular complexity index is 321. The number of rotatable bonds is 3. The van der Waals surface area contributed by atoms with Gasteiger partial charge in [0.2, 0.25) is 0 Å². The van der Waals surface area contributed by atoms with E-state index in [1.54, 1.807) is 25.3 Å². The number of benzene rings is 1. The molecule has 0 unspecified atom stereocenters. The van der Waals surface area contributed by atoms with E-state index in [0.29, 0.717) is 5.56 Å². The van der Waals surface area contributed by atoms with Crippen molar-refractivity contribution >= 4 is 17.4 Å². The highest BCUT2D eigenvalue weighted by atomic mass is 35.5. The maximum Gasteiger partial charge on any atom is 0.177 e. The van der Waals surface area contributed by atoms with Crippen LogP contribution in [0.15, 0.2) is 18.2 Å². The summed E-state index contributed by atoms with van der Waals surface area (Å²) >= 11 is 5.43. The van der Waals surface area contributed by atoms with Crippen molar-refractivity contribution in [1.29, 1.82) is 0 Å². The predicted octanol–water partition coefficient (Wildman–Crippen LogP) is 2.43. The summed E-state index contributed by atoms with van der Waals surface area (Å²) < 4.78 is 5.07. The van der Waals surface area contributed by atoms with E-state index in [2.05, 4.69) is 0 Å². The van der Waals surface area contributed by atoms with E-state index in [0.717, 1.165) is 11.3 Å². The minimum atomic E-state index is -0.0626. The molecule has 0 aromatic heterocycles. The fourth-order valence-corrected chi connectivity index (χ4v) is 1.28. The molecule has 0 aliphatic carbocycles. The Hall–Kier alpha value is -1.02. The van der Waals surface area contributed by atoms with E-state index >= 15 is 0 Å². The Morgan fingerprint density at radius 3 is 2.69 bits per heavy atom. The van der Waals surface area contributed by atoms with E-state index in [-0.39, 0.29) is 11.7 Å². The number of carbonyl (C=O) groups excluding carboxylic acids is 1. The average Bonchev–Trinajstić information content (AvgIpc) is 2.16. The zero-order valence-electron chi connectivity index (χ0n) is 7.63. The topological polar surface area (TPSA) is 26.3 Å². The molecule has 0 fully saturated rings. The average molecular weight is 199 g/mol. The van der Waals surface area contributed by atoms with Gasteiger partial charge >= 0.3 is 0 Å². The first kappa shape index (κ1) is 10.1. The second kappa shape index (κ2) is 4.28. The summed E-state index contributed by atoms with van der Waals surface area (Å²) in [4.78, 5) is 11.2. The zero-order valence-corrected chi connectivity index (χ0v) is 8.39. The third kappa shape index (κ3) is 2.22. The first-order chi connectivity index (χ1) is 6.19. The molecule has 0 saturated carbocycles. The van der Waals surface area contributed by atoms with Gasteiger partial charge in [0.05, 0.1) is 13.0 Å². The molecule has 1 rings (SSSR count). The molecule has 1 aromatic rings. The molecule has 0 bridgehead atoms. The van der Waals surface area contributed by atoms with Crippen molar-refractivity contribution in [3.8, 4) is 5.75 Å². The highest BCUT2D eigenvalue weighted by Gasteiger charge is 2.05. The SMILES string of the molecule is COc1ccc(C(=O)CCl)cc1C. The Balaban J connectivity index is 3.02. The Kier molecular flexibility index (Phi) is 3.32. The van der Waals surface area contributed by atoms with Crippen LogP contribution in [0.25, 0.3) is 0 Å². The highest BCUT2D eigenvalue weighted by molar-refractivity contribution is 6.30. The maximum absolute atomic E-state index is 11.2. The molecule has 0 radical (unpaired) electrons. The second-order valence-corrected chi connectivity index (χ2v) is 3.01. The smallest absolute Gasteiger partial charge is 0.177 e. The van der Waals surface area contributed by atoms with Gasteiger partial charge in [-0.3, -0.25) is 4.79 Å². The van der Waals surface area contributed by atoms with Crippen LogP contribution in [-0.2, 0) is 0 Å². The number of Topliss-reactive ketones (excluding diaryl/α,β-unsaturated/α-hetero) is 1. The summed E-state index contributed by atoms with van der Waals surface area (Å²) in [5, 5.41) is 0. The highest BCUT2D eigenvalue weighted by Crippen LogP contribution is 2.18. The molecule has 3 heteroatoms. The minimum Gasteiger partial charge on any atom is -0.496 e. The van der Waals surface area contributed by atoms with Crippen LogP contribution in [0, 0.1) is 6.92 Å². The van der Waals surface area contributed by atoms with Gasteiger partial charge in [-0.25, -0.2) is 0 Å². The number of alkyl halides is 1. The van der Waals surface area contributed by atoms with E-state index in [4.69, 9.17) is 16.3 Å². The van der Waals surface area contributed by atoms with Crippen LogP contribution >= 0.6 is 11.6 Å². The van der Waals surface area contributed by atoms with Gasteiger partial charge in [-0.05, 0) is 30.7 Å². The summed E-state index contributed by atoms with van der Waals surface area (Å²) in [5.74, 6) is 0.740. The van der Waals surface area contributed by atoms with Gasteiger partial charge in [0.1, 0.15) is 5.75 Å². The molecule has 2 nitrogen and oxygen atoms in total. The van der Waals surface area contributed by atoms with Crippen LogP contribution in [0.5, 0.6) is 5.75 Å². The summed E-state index contributed by atoms with van der Waals surface area (Å²) in [6.07, 6.45) is 0. The number of carbonyl (C=O) groups is 1. The summed E-state index contributed by atoms with van der Waals surface area (Å²) in [5.41, 5.74) is 1.58. The van der Waals surface area contributed by atoms with Gasteiger partial charge in [0.15, 0.2) is 5.78 Å². The maximum atomic E-state index is 11.2. The van der Waals surface area contributed by atoms with Crippen LogP contribution in [0.2, 0.25) is 0 Å². The lowest BCUT2D eigenvalue weighted by Gasteiger charge is -2.05. The molecule has 1 aromatic carbocycles. The Morgan fingerprint density at radius 1 is 1.54 bits per heavy atom. The number of aryl methyl sites for hydroxylation is 1. The monoisotopic (exact) mass is 198 g/mol. The van der Waals surface area contributed by atoms with Gasteiger partial charge in [-0.15, -0.1) is 11.6 Å². The number of hydrogen-bond donors (Lipinski definition) is 0. The molecule has 0 aliphatic heterocycles. The molecule has 70 valence electrons. The van der Waals surface area contributed by atoms with Crippen molar-refractivity contribution in [2.75, 3.05) is 13.0 Å². The number of ketones is 1. The lowest BCUT2D eigenvalue weighted by atomic mass is 10.1. The molecule has 0 heterocycles. The number of methoxy groups -OCH3 is 1. The van der Waals surface area contributed by atoms with Gasteiger partial charge in [-0.1, -0.05) is 0 Å². The molecule has 0 atom stereocenters. The van der Waals surface area contributed by atoms with Gasteiger partial charge in [-0.2, -0.15) is 0 Å². The lowest BCUT2D eigenvalue weighted by molar-refractivity contribution is 0.102.